The molecule has 2 heterocycles. The first-order chi connectivity index (χ1) is 16.2. The van der Waals surface area contributed by atoms with Crippen molar-refractivity contribution in [2.45, 2.75) is 19.4 Å². The van der Waals surface area contributed by atoms with Crippen LogP contribution in [0.2, 0.25) is 0 Å². The predicted octanol–water partition coefficient (Wildman–Crippen LogP) is 4.75. The minimum Gasteiger partial charge on any atom is -0.497 e. The number of aromatic nitrogens is 2. The molecule has 1 amide bonds. The summed E-state index contributed by atoms with van der Waals surface area (Å²) >= 11 is 0. The average Bonchev–Trinajstić information content (AvgIpc) is 3.33. The lowest BCUT2D eigenvalue weighted by molar-refractivity contribution is -0.121. The second-order valence-electron chi connectivity index (χ2n) is 8.40. The summed E-state index contributed by atoms with van der Waals surface area (Å²) in [6.45, 7) is 2.59. The maximum Gasteiger partial charge on any atom is 0.227 e. The highest BCUT2D eigenvalue weighted by atomic mass is 16.6. The molecule has 0 spiro atoms. The monoisotopic (exact) mass is 442 g/mol. The van der Waals surface area contributed by atoms with E-state index >= 15 is 0 Å². The third kappa shape index (κ3) is 4.73. The van der Waals surface area contributed by atoms with Gasteiger partial charge in [0.25, 0.3) is 0 Å². The fourth-order valence-electron chi connectivity index (χ4n) is 4.41. The van der Waals surface area contributed by atoms with Crippen molar-refractivity contribution in [1.29, 1.82) is 0 Å². The molecule has 1 fully saturated rings. The summed E-state index contributed by atoms with van der Waals surface area (Å²) in [4.78, 5) is 15.5. The third-order valence-electron chi connectivity index (χ3n) is 6.25. The van der Waals surface area contributed by atoms with Crippen molar-refractivity contribution < 1.29 is 14.2 Å². The maximum absolute atomic E-state index is 13.1. The van der Waals surface area contributed by atoms with Crippen LogP contribution >= 0.6 is 0 Å². The fraction of sp³-hybridized carbons (Fsp3) is 0.269. The van der Waals surface area contributed by atoms with E-state index in [1.165, 1.54) is 5.56 Å². The first kappa shape index (κ1) is 21.2. The third-order valence-corrected chi connectivity index (χ3v) is 6.25. The van der Waals surface area contributed by atoms with Crippen molar-refractivity contribution >= 4 is 22.6 Å². The molecule has 0 bridgehead atoms. The number of carbonyl (C=O) groups excluding carboxylic acids is 1. The number of carbonyl (C=O) groups is 1. The van der Waals surface area contributed by atoms with Gasteiger partial charge in [-0.05, 0) is 77.7 Å². The van der Waals surface area contributed by atoms with Crippen molar-refractivity contribution in [3.63, 3.8) is 0 Å². The summed E-state index contributed by atoms with van der Waals surface area (Å²) < 4.78 is 10.1. The molecule has 7 heteroatoms. The number of anilines is 1. The van der Waals surface area contributed by atoms with Crippen molar-refractivity contribution in [2.75, 3.05) is 25.5 Å². The fourth-order valence-corrected chi connectivity index (χ4v) is 4.41. The van der Waals surface area contributed by atoms with Crippen LogP contribution in [-0.2, 0) is 11.3 Å². The van der Waals surface area contributed by atoms with Gasteiger partial charge in [0.2, 0.25) is 5.91 Å². The number of para-hydroxylation sites is 1. The molecule has 3 aromatic carbocycles. The molecule has 1 aliphatic heterocycles. The van der Waals surface area contributed by atoms with Gasteiger partial charge in [-0.2, -0.15) is 0 Å². The van der Waals surface area contributed by atoms with Gasteiger partial charge in [-0.1, -0.05) is 36.4 Å². The SMILES string of the molecule is COc1cccc(-c2ccccc2NC(=O)C2CCN(Cc3ccc4nonc4c3)CC2)c1. The number of nitrogens with one attached hydrogen (secondary N) is 1. The first-order valence-electron chi connectivity index (χ1n) is 11.2. The molecular weight excluding hydrogens is 416 g/mol. The maximum atomic E-state index is 13.1. The normalized spacial score (nSPS) is 14.9. The molecule has 7 nitrogen and oxygen atoms in total. The topological polar surface area (TPSA) is 80.5 Å². The molecular formula is C26H26N4O3. The van der Waals surface area contributed by atoms with Crippen molar-refractivity contribution in [3.8, 4) is 16.9 Å². The summed E-state index contributed by atoms with van der Waals surface area (Å²) in [6, 6.07) is 21.8. The quantitative estimate of drug-likeness (QED) is 0.464. The van der Waals surface area contributed by atoms with Crippen molar-refractivity contribution in [1.82, 2.24) is 15.2 Å². The average molecular weight is 443 g/mol. The van der Waals surface area contributed by atoms with Crippen LogP contribution in [-0.4, -0.2) is 41.3 Å². The molecule has 1 aromatic heterocycles. The highest BCUT2D eigenvalue weighted by Gasteiger charge is 2.25. The van der Waals surface area contributed by atoms with Gasteiger partial charge in [-0.15, -0.1) is 0 Å². The molecule has 5 rings (SSSR count). The minimum atomic E-state index is 0.00170. The molecule has 0 aliphatic carbocycles. The summed E-state index contributed by atoms with van der Waals surface area (Å²) in [5, 5.41) is 10.9. The van der Waals surface area contributed by atoms with Gasteiger partial charge in [0, 0.05) is 23.7 Å². The number of benzene rings is 3. The number of methoxy groups -OCH3 is 1. The Kier molecular flexibility index (Phi) is 6.04. The van der Waals surface area contributed by atoms with Gasteiger partial charge in [-0.3, -0.25) is 9.69 Å². The van der Waals surface area contributed by atoms with Gasteiger partial charge in [-0.25, -0.2) is 4.63 Å². The summed E-state index contributed by atoms with van der Waals surface area (Å²) in [7, 11) is 1.66. The number of piperidine rings is 1. The molecule has 1 saturated heterocycles. The Morgan fingerprint density at radius 1 is 1.03 bits per heavy atom. The molecule has 0 unspecified atom stereocenters. The van der Waals surface area contributed by atoms with E-state index in [-0.39, 0.29) is 11.8 Å². The Labute approximate surface area is 192 Å². The van der Waals surface area contributed by atoms with E-state index < -0.39 is 0 Å². The minimum absolute atomic E-state index is 0.00170. The van der Waals surface area contributed by atoms with E-state index in [0.717, 1.165) is 66.1 Å². The van der Waals surface area contributed by atoms with Crippen LogP contribution in [0.1, 0.15) is 18.4 Å². The van der Waals surface area contributed by atoms with Gasteiger partial charge in [0.05, 0.1) is 7.11 Å². The molecule has 33 heavy (non-hydrogen) atoms. The Morgan fingerprint density at radius 2 is 1.85 bits per heavy atom. The Bertz CT molecular complexity index is 1260. The number of ether oxygens (including phenoxy) is 1. The van der Waals surface area contributed by atoms with Crippen molar-refractivity contribution in [2.24, 2.45) is 5.92 Å². The number of hydrogen-bond donors (Lipinski definition) is 1. The van der Waals surface area contributed by atoms with Gasteiger partial charge in [0.1, 0.15) is 16.8 Å². The number of fused-ring (bicyclic) bond motifs is 1. The zero-order valence-electron chi connectivity index (χ0n) is 18.5. The van der Waals surface area contributed by atoms with E-state index in [0.29, 0.717) is 0 Å². The van der Waals surface area contributed by atoms with E-state index in [2.05, 4.69) is 26.6 Å². The first-order valence-corrected chi connectivity index (χ1v) is 11.2. The predicted molar refractivity (Wildman–Crippen MR) is 127 cm³/mol. The number of hydrogen-bond acceptors (Lipinski definition) is 6. The molecule has 168 valence electrons. The van der Waals surface area contributed by atoms with Crippen molar-refractivity contribution in [3.05, 3.63) is 72.3 Å². The molecule has 1 N–H and O–H groups in total. The zero-order valence-corrected chi connectivity index (χ0v) is 18.5. The van der Waals surface area contributed by atoms with Crippen LogP contribution in [0.3, 0.4) is 0 Å². The number of nitrogens with zero attached hydrogens (tertiary/aromatic N) is 3. The highest BCUT2D eigenvalue weighted by Crippen LogP contribution is 2.31. The van der Waals surface area contributed by atoms with E-state index in [4.69, 9.17) is 9.37 Å². The molecule has 0 atom stereocenters. The second kappa shape index (κ2) is 9.42. The van der Waals surface area contributed by atoms with Crippen LogP contribution in [0.5, 0.6) is 5.75 Å². The lowest BCUT2D eigenvalue weighted by atomic mass is 9.95. The van der Waals surface area contributed by atoms with Crippen LogP contribution in [0, 0.1) is 5.92 Å². The van der Waals surface area contributed by atoms with Crippen LogP contribution in [0.15, 0.2) is 71.4 Å². The van der Waals surface area contributed by atoms with E-state index in [1.54, 1.807) is 7.11 Å². The standard InChI is InChI=1S/C26H26N4O3/c1-32-21-6-4-5-20(16-21)22-7-2-3-8-23(22)27-26(31)19-11-13-30(14-12-19)17-18-9-10-24-25(15-18)29-33-28-24/h2-10,15-16,19H,11-14,17H2,1H3,(H,27,31). The zero-order chi connectivity index (χ0) is 22.6. The smallest absolute Gasteiger partial charge is 0.227 e. The van der Waals surface area contributed by atoms with Gasteiger partial charge < -0.3 is 10.1 Å². The second-order valence-corrected chi connectivity index (χ2v) is 8.40. The Balaban J connectivity index is 1.21. The van der Waals surface area contributed by atoms with E-state index in [1.807, 2.05) is 60.7 Å². The molecule has 1 aliphatic rings. The summed E-state index contributed by atoms with van der Waals surface area (Å²) in [6.07, 6.45) is 1.67. The van der Waals surface area contributed by atoms with E-state index in [9.17, 15) is 4.79 Å². The Hall–Kier alpha value is -3.71. The number of amides is 1. The lowest BCUT2D eigenvalue weighted by Crippen LogP contribution is -2.37. The molecule has 0 saturated carbocycles. The number of rotatable bonds is 6. The largest absolute Gasteiger partial charge is 0.497 e. The van der Waals surface area contributed by atoms with Gasteiger partial charge >= 0.3 is 0 Å². The van der Waals surface area contributed by atoms with Crippen LogP contribution < -0.4 is 10.1 Å². The lowest BCUT2D eigenvalue weighted by Gasteiger charge is -2.31. The van der Waals surface area contributed by atoms with Gasteiger partial charge in [0.15, 0.2) is 0 Å². The molecule has 0 radical (unpaired) electrons. The summed E-state index contributed by atoms with van der Waals surface area (Å²) in [5.41, 5.74) is 5.54. The van der Waals surface area contributed by atoms with Crippen LogP contribution in [0.4, 0.5) is 5.69 Å². The van der Waals surface area contributed by atoms with Crippen LogP contribution in [0.25, 0.3) is 22.2 Å². The summed E-state index contributed by atoms with van der Waals surface area (Å²) in [5.74, 6) is 0.877. The Morgan fingerprint density at radius 3 is 2.70 bits per heavy atom. The number of likely N-dealkylation sites (tertiary alicyclic amines) is 1. The highest BCUT2D eigenvalue weighted by molar-refractivity contribution is 5.97. The molecule has 4 aromatic rings.